The first kappa shape index (κ1) is 20.7. The molecule has 0 aromatic heterocycles. The van der Waals surface area contributed by atoms with E-state index in [0.717, 1.165) is 11.1 Å². The van der Waals surface area contributed by atoms with E-state index in [0.29, 0.717) is 11.6 Å². The summed E-state index contributed by atoms with van der Waals surface area (Å²) >= 11 is 5.88. The normalized spacial score (nSPS) is 11.6. The molecule has 2 aromatic carbocycles. The Hall–Kier alpha value is -2.60. The number of amides is 3. The van der Waals surface area contributed by atoms with Gasteiger partial charge in [-0.2, -0.15) is 0 Å². The predicted octanol–water partition coefficient (Wildman–Crippen LogP) is 3.89. The van der Waals surface area contributed by atoms with Gasteiger partial charge in [-0.1, -0.05) is 35.9 Å². The molecule has 0 aliphatic carbocycles. The van der Waals surface area contributed by atoms with Gasteiger partial charge in [0.1, 0.15) is 12.4 Å². The molecule has 0 saturated heterocycles. The fraction of sp³-hybridized carbons (Fsp3) is 0.300. The molecule has 2 aromatic rings. The molecule has 3 amide bonds. The van der Waals surface area contributed by atoms with Gasteiger partial charge >= 0.3 is 6.03 Å². The lowest BCUT2D eigenvalue weighted by Gasteiger charge is -2.23. The lowest BCUT2D eigenvalue weighted by molar-refractivity contribution is -0.121. The number of halogens is 2. The lowest BCUT2D eigenvalue weighted by atomic mass is 10.1. The van der Waals surface area contributed by atoms with E-state index in [-0.39, 0.29) is 36.9 Å². The Morgan fingerprint density at radius 2 is 1.74 bits per heavy atom. The Balaban J connectivity index is 1.85. The van der Waals surface area contributed by atoms with Crippen LogP contribution in [0.4, 0.5) is 9.18 Å². The second-order valence-corrected chi connectivity index (χ2v) is 6.58. The molecule has 0 radical (unpaired) electrons. The number of carbonyl (C=O) groups is 2. The van der Waals surface area contributed by atoms with E-state index >= 15 is 0 Å². The minimum atomic E-state index is -0.325. The average Bonchev–Trinajstić information content (AvgIpc) is 2.66. The largest absolute Gasteiger partial charge is 0.350 e. The van der Waals surface area contributed by atoms with E-state index in [2.05, 4.69) is 10.6 Å². The molecule has 0 aliphatic heterocycles. The number of rotatable bonds is 7. The topological polar surface area (TPSA) is 61.4 Å². The number of nitrogens with one attached hydrogen (secondary N) is 2. The Morgan fingerprint density at radius 1 is 1.11 bits per heavy atom. The molecular weight excluding hydrogens is 369 g/mol. The van der Waals surface area contributed by atoms with E-state index in [4.69, 9.17) is 11.6 Å². The number of benzene rings is 2. The van der Waals surface area contributed by atoms with Gasteiger partial charge in [-0.05, 0) is 49.2 Å². The van der Waals surface area contributed by atoms with Crippen LogP contribution in [0.2, 0.25) is 5.02 Å². The molecule has 144 valence electrons. The molecule has 1 atom stereocenters. The highest BCUT2D eigenvalue weighted by Crippen LogP contribution is 2.16. The Morgan fingerprint density at radius 3 is 2.33 bits per heavy atom. The summed E-state index contributed by atoms with van der Waals surface area (Å²) < 4.78 is 12.9. The highest BCUT2D eigenvalue weighted by molar-refractivity contribution is 6.30. The molecule has 0 spiro atoms. The summed E-state index contributed by atoms with van der Waals surface area (Å²) in [5, 5.41) is 6.24. The van der Waals surface area contributed by atoms with Gasteiger partial charge in [0, 0.05) is 18.1 Å². The Bertz CT molecular complexity index is 766. The molecule has 0 saturated carbocycles. The third-order valence-corrected chi connectivity index (χ3v) is 4.37. The van der Waals surface area contributed by atoms with Crippen LogP contribution in [0.15, 0.2) is 48.5 Å². The van der Waals surface area contributed by atoms with Crippen LogP contribution >= 0.6 is 11.6 Å². The summed E-state index contributed by atoms with van der Waals surface area (Å²) in [6, 6.07) is 12.6. The zero-order chi connectivity index (χ0) is 19.8. The van der Waals surface area contributed by atoms with Crippen LogP contribution in [0.3, 0.4) is 0 Å². The van der Waals surface area contributed by atoms with Crippen LogP contribution in [0.25, 0.3) is 0 Å². The predicted molar refractivity (Wildman–Crippen MR) is 104 cm³/mol. The van der Waals surface area contributed by atoms with Crippen LogP contribution in [0.1, 0.15) is 31.0 Å². The highest BCUT2D eigenvalue weighted by atomic mass is 35.5. The van der Waals surface area contributed by atoms with E-state index in [1.54, 1.807) is 31.2 Å². The van der Waals surface area contributed by atoms with Gasteiger partial charge in [0.15, 0.2) is 0 Å². The molecule has 0 unspecified atom stereocenters. The molecule has 0 aliphatic rings. The highest BCUT2D eigenvalue weighted by Gasteiger charge is 2.18. The molecule has 2 N–H and O–H groups in total. The quantitative estimate of drug-likeness (QED) is 0.752. The number of hydrogen-bond donors (Lipinski definition) is 2. The van der Waals surface area contributed by atoms with Crippen molar-refractivity contribution in [2.24, 2.45) is 0 Å². The van der Waals surface area contributed by atoms with Crippen LogP contribution < -0.4 is 10.6 Å². The fourth-order valence-electron chi connectivity index (χ4n) is 2.47. The summed E-state index contributed by atoms with van der Waals surface area (Å²) in [4.78, 5) is 26.0. The minimum Gasteiger partial charge on any atom is -0.350 e. The van der Waals surface area contributed by atoms with Gasteiger partial charge in [0.05, 0.1) is 6.04 Å². The van der Waals surface area contributed by atoms with E-state index in [9.17, 15) is 14.0 Å². The van der Waals surface area contributed by atoms with Crippen molar-refractivity contribution in [3.8, 4) is 0 Å². The second-order valence-electron chi connectivity index (χ2n) is 6.14. The molecular formula is C20H23ClFN3O2. The van der Waals surface area contributed by atoms with Crippen LogP contribution in [-0.4, -0.2) is 29.9 Å². The number of carbonyl (C=O) groups excluding carboxylic acids is 2. The molecule has 0 fully saturated rings. The minimum absolute atomic E-state index is 0.0587. The zero-order valence-electron chi connectivity index (χ0n) is 15.3. The number of nitrogens with zero attached hydrogens (tertiary/aromatic N) is 1. The molecule has 0 heterocycles. The summed E-state index contributed by atoms with van der Waals surface area (Å²) in [7, 11) is 0. The van der Waals surface area contributed by atoms with Crippen molar-refractivity contribution in [2.45, 2.75) is 26.4 Å². The van der Waals surface area contributed by atoms with E-state index in [1.165, 1.54) is 17.0 Å². The van der Waals surface area contributed by atoms with Crippen molar-refractivity contribution in [2.75, 3.05) is 13.1 Å². The maximum atomic E-state index is 12.9. The molecule has 5 nitrogen and oxygen atoms in total. The van der Waals surface area contributed by atoms with Gasteiger partial charge in [0.25, 0.3) is 0 Å². The third-order valence-electron chi connectivity index (χ3n) is 4.12. The first-order valence-corrected chi connectivity index (χ1v) is 9.09. The van der Waals surface area contributed by atoms with E-state index in [1.807, 2.05) is 19.1 Å². The van der Waals surface area contributed by atoms with Crippen molar-refractivity contribution < 1.29 is 14.0 Å². The lowest BCUT2D eigenvalue weighted by Crippen LogP contribution is -2.45. The van der Waals surface area contributed by atoms with Crippen molar-refractivity contribution in [3.05, 3.63) is 70.5 Å². The zero-order valence-corrected chi connectivity index (χ0v) is 16.1. The summed E-state index contributed by atoms with van der Waals surface area (Å²) in [5.74, 6) is -0.607. The maximum absolute atomic E-state index is 12.9. The van der Waals surface area contributed by atoms with Crippen LogP contribution in [0.5, 0.6) is 0 Å². The molecule has 0 bridgehead atoms. The molecule has 7 heteroatoms. The Labute approximate surface area is 163 Å². The van der Waals surface area contributed by atoms with Gasteiger partial charge < -0.3 is 15.5 Å². The van der Waals surface area contributed by atoms with Crippen molar-refractivity contribution >= 4 is 23.5 Å². The monoisotopic (exact) mass is 391 g/mol. The number of hydrogen-bond acceptors (Lipinski definition) is 2. The Kier molecular flexibility index (Phi) is 7.61. The molecule has 27 heavy (non-hydrogen) atoms. The molecule has 2 rings (SSSR count). The van der Waals surface area contributed by atoms with Crippen LogP contribution in [0, 0.1) is 5.82 Å². The van der Waals surface area contributed by atoms with Crippen LogP contribution in [-0.2, 0) is 11.3 Å². The van der Waals surface area contributed by atoms with Gasteiger partial charge in [-0.3, -0.25) is 4.79 Å². The first-order valence-electron chi connectivity index (χ1n) is 8.71. The second kappa shape index (κ2) is 9.92. The first-order chi connectivity index (χ1) is 12.9. The fourth-order valence-corrected chi connectivity index (χ4v) is 2.60. The standard InChI is InChI=1S/C20H23ClFN3O2/c1-3-25(13-19(26)23-12-15-4-10-18(22)11-5-15)20(27)24-14(2)16-6-8-17(21)9-7-16/h4-11,14H,3,12-13H2,1-2H3,(H,23,26)(H,24,27)/t14-/m1/s1. The number of urea groups is 1. The number of likely N-dealkylation sites (N-methyl/N-ethyl adjacent to an activating group) is 1. The summed E-state index contributed by atoms with van der Waals surface area (Å²) in [6.07, 6.45) is 0. The van der Waals surface area contributed by atoms with Gasteiger partial charge in [-0.15, -0.1) is 0 Å². The van der Waals surface area contributed by atoms with Crippen molar-refractivity contribution in [1.29, 1.82) is 0 Å². The van der Waals surface area contributed by atoms with Crippen molar-refractivity contribution in [3.63, 3.8) is 0 Å². The third kappa shape index (κ3) is 6.57. The van der Waals surface area contributed by atoms with Crippen molar-refractivity contribution in [1.82, 2.24) is 15.5 Å². The SMILES string of the molecule is CCN(CC(=O)NCc1ccc(F)cc1)C(=O)N[C@H](C)c1ccc(Cl)cc1. The van der Waals surface area contributed by atoms with Gasteiger partial charge in [0.2, 0.25) is 5.91 Å². The summed E-state index contributed by atoms with van der Waals surface area (Å²) in [5.41, 5.74) is 1.71. The van der Waals surface area contributed by atoms with Gasteiger partial charge in [-0.25, -0.2) is 9.18 Å². The maximum Gasteiger partial charge on any atom is 0.318 e. The van der Waals surface area contributed by atoms with E-state index < -0.39 is 0 Å². The summed E-state index contributed by atoms with van der Waals surface area (Å²) in [6.45, 7) is 4.28. The smallest absolute Gasteiger partial charge is 0.318 e. The average molecular weight is 392 g/mol.